The van der Waals surface area contributed by atoms with Crippen LogP contribution in [0.15, 0.2) is 66.4 Å². The topological polar surface area (TPSA) is 67.2 Å². The van der Waals surface area contributed by atoms with E-state index in [0.717, 1.165) is 44.7 Å². The molecule has 0 radical (unpaired) electrons. The first-order chi connectivity index (χ1) is 16.7. The molecule has 6 nitrogen and oxygen atoms in total. The standard InChI is InChI=1S/C28H24N4O2S/c1-16-7-8-22(12-17(16)2)32-27(34)24(26(33)30-28(32)35)15-21-13-18(3)31(19(21)4)23-9-10-25-20(14-23)6-5-11-29-25/h5-15H,1-4H3,(H,30,33,35)/b24-15+. The summed E-state index contributed by atoms with van der Waals surface area (Å²) >= 11 is 5.35. The minimum atomic E-state index is -0.498. The fourth-order valence-corrected chi connectivity index (χ4v) is 4.73. The molecule has 0 bridgehead atoms. The molecule has 1 aliphatic rings. The fourth-order valence-electron chi connectivity index (χ4n) is 4.45. The van der Waals surface area contributed by atoms with Crippen molar-refractivity contribution in [3.63, 3.8) is 0 Å². The van der Waals surface area contributed by atoms with Gasteiger partial charge >= 0.3 is 0 Å². The predicted molar refractivity (Wildman–Crippen MR) is 143 cm³/mol. The molecule has 0 saturated carbocycles. The zero-order chi connectivity index (χ0) is 24.9. The molecule has 35 heavy (non-hydrogen) atoms. The summed E-state index contributed by atoms with van der Waals surface area (Å²) in [6, 6.07) is 17.7. The van der Waals surface area contributed by atoms with E-state index in [0.29, 0.717) is 5.69 Å². The van der Waals surface area contributed by atoms with Crippen LogP contribution in [-0.4, -0.2) is 26.5 Å². The van der Waals surface area contributed by atoms with E-state index in [1.807, 2.05) is 76.2 Å². The highest BCUT2D eigenvalue weighted by Crippen LogP contribution is 2.28. The largest absolute Gasteiger partial charge is 0.318 e. The van der Waals surface area contributed by atoms with Gasteiger partial charge in [0.05, 0.1) is 11.2 Å². The van der Waals surface area contributed by atoms with Crippen LogP contribution in [0.1, 0.15) is 28.1 Å². The Hall–Kier alpha value is -4.10. The highest BCUT2D eigenvalue weighted by Gasteiger charge is 2.34. The number of carbonyl (C=O) groups excluding carboxylic acids is 2. The Balaban J connectivity index is 1.56. The van der Waals surface area contributed by atoms with Gasteiger partial charge in [-0.25, -0.2) is 0 Å². The summed E-state index contributed by atoms with van der Waals surface area (Å²) in [5.74, 6) is -0.940. The first-order valence-corrected chi connectivity index (χ1v) is 11.7. The number of aromatic nitrogens is 2. The number of fused-ring (bicyclic) bond motifs is 1. The summed E-state index contributed by atoms with van der Waals surface area (Å²) in [7, 11) is 0. The van der Waals surface area contributed by atoms with Crippen molar-refractivity contribution in [3.05, 3.63) is 94.4 Å². The molecule has 0 aliphatic carbocycles. The first-order valence-electron chi connectivity index (χ1n) is 11.3. The van der Waals surface area contributed by atoms with Crippen LogP contribution < -0.4 is 10.2 Å². The Bertz CT molecular complexity index is 1580. The van der Waals surface area contributed by atoms with Gasteiger partial charge in [0.25, 0.3) is 11.8 Å². The molecule has 1 aliphatic heterocycles. The molecule has 7 heteroatoms. The van der Waals surface area contributed by atoms with Crippen molar-refractivity contribution in [1.29, 1.82) is 0 Å². The van der Waals surface area contributed by atoms with E-state index in [-0.39, 0.29) is 10.7 Å². The van der Waals surface area contributed by atoms with Gasteiger partial charge in [0.15, 0.2) is 5.11 Å². The monoisotopic (exact) mass is 480 g/mol. The number of hydrogen-bond acceptors (Lipinski definition) is 4. The molecule has 5 rings (SSSR count). The molecule has 4 aromatic rings. The molecule has 0 atom stereocenters. The number of anilines is 1. The molecule has 1 fully saturated rings. The van der Waals surface area contributed by atoms with Crippen LogP contribution in [0.3, 0.4) is 0 Å². The Kier molecular flexibility index (Phi) is 5.57. The van der Waals surface area contributed by atoms with E-state index in [1.54, 1.807) is 12.3 Å². The maximum Gasteiger partial charge on any atom is 0.270 e. The highest BCUT2D eigenvalue weighted by molar-refractivity contribution is 7.80. The van der Waals surface area contributed by atoms with Crippen molar-refractivity contribution in [1.82, 2.24) is 14.9 Å². The van der Waals surface area contributed by atoms with Crippen molar-refractivity contribution in [3.8, 4) is 5.69 Å². The molecule has 2 aromatic heterocycles. The lowest BCUT2D eigenvalue weighted by molar-refractivity contribution is -0.122. The van der Waals surface area contributed by atoms with Crippen molar-refractivity contribution in [2.24, 2.45) is 0 Å². The summed E-state index contributed by atoms with van der Waals surface area (Å²) in [5, 5.41) is 3.79. The summed E-state index contributed by atoms with van der Waals surface area (Å²) < 4.78 is 2.11. The average Bonchev–Trinajstić information content (AvgIpc) is 3.11. The Labute approximate surface area is 208 Å². The maximum atomic E-state index is 13.5. The maximum absolute atomic E-state index is 13.5. The van der Waals surface area contributed by atoms with Gasteiger partial charge in [-0.3, -0.25) is 24.8 Å². The quantitative estimate of drug-likeness (QED) is 0.252. The number of carbonyl (C=O) groups is 2. The smallest absolute Gasteiger partial charge is 0.270 e. The van der Waals surface area contributed by atoms with Gasteiger partial charge in [-0.1, -0.05) is 12.1 Å². The van der Waals surface area contributed by atoms with Gasteiger partial charge < -0.3 is 4.57 Å². The summed E-state index contributed by atoms with van der Waals surface area (Å²) in [5.41, 5.74) is 7.43. The molecule has 2 aromatic carbocycles. The molecular formula is C28H24N4O2S. The van der Waals surface area contributed by atoms with Crippen LogP contribution in [0.5, 0.6) is 0 Å². The molecular weight excluding hydrogens is 456 g/mol. The number of nitrogens with one attached hydrogen (secondary N) is 1. The molecule has 3 heterocycles. The summed E-state index contributed by atoms with van der Waals surface area (Å²) in [6.45, 7) is 7.96. The van der Waals surface area contributed by atoms with Crippen LogP contribution in [0.4, 0.5) is 5.69 Å². The lowest BCUT2D eigenvalue weighted by Crippen LogP contribution is -2.54. The third kappa shape index (κ3) is 3.94. The summed E-state index contributed by atoms with van der Waals surface area (Å²) in [6.07, 6.45) is 3.42. The van der Waals surface area contributed by atoms with Gasteiger partial charge in [0.2, 0.25) is 0 Å². The zero-order valence-electron chi connectivity index (χ0n) is 19.9. The van der Waals surface area contributed by atoms with Crippen molar-refractivity contribution < 1.29 is 9.59 Å². The lowest BCUT2D eigenvalue weighted by atomic mass is 10.1. The van der Waals surface area contributed by atoms with E-state index in [1.165, 1.54) is 4.90 Å². The van der Waals surface area contributed by atoms with E-state index >= 15 is 0 Å². The van der Waals surface area contributed by atoms with E-state index in [2.05, 4.69) is 20.9 Å². The van der Waals surface area contributed by atoms with E-state index in [4.69, 9.17) is 12.2 Å². The second-order valence-electron chi connectivity index (χ2n) is 8.77. The predicted octanol–water partition coefficient (Wildman–Crippen LogP) is 5.09. The number of rotatable bonds is 3. The van der Waals surface area contributed by atoms with Crippen molar-refractivity contribution in [2.45, 2.75) is 27.7 Å². The zero-order valence-corrected chi connectivity index (χ0v) is 20.7. The number of pyridine rings is 1. The normalized spacial score (nSPS) is 15.3. The number of amides is 2. The Morgan fingerprint density at radius 1 is 0.914 bits per heavy atom. The third-order valence-corrected chi connectivity index (χ3v) is 6.75. The van der Waals surface area contributed by atoms with Crippen molar-refractivity contribution >= 4 is 51.8 Å². The van der Waals surface area contributed by atoms with E-state index < -0.39 is 11.8 Å². The first kappa shape index (κ1) is 22.7. The molecule has 1 saturated heterocycles. The SMILES string of the molecule is Cc1ccc(N2C(=O)/C(=C/c3cc(C)n(-c4ccc5ncccc5c4)c3C)C(=O)NC2=S)cc1C. The molecule has 2 amide bonds. The molecule has 1 N–H and O–H groups in total. The van der Waals surface area contributed by atoms with E-state index in [9.17, 15) is 9.59 Å². The molecule has 0 unspecified atom stereocenters. The molecule has 174 valence electrons. The number of aryl methyl sites for hydroxylation is 3. The second-order valence-corrected chi connectivity index (χ2v) is 9.16. The van der Waals surface area contributed by atoms with Gasteiger partial charge in [0.1, 0.15) is 5.57 Å². The molecule has 0 spiro atoms. The van der Waals surface area contributed by atoms with Crippen molar-refractivity contribution in [2.75, 3.05) is 4.90 Å². The van der Waals surface area contributed by atoms with Crippen LogP contribution in [-0.2, 0) is 9.59 Å². The second kappa shape index (κ2) is 8.60. The lowest BCUT2D eigenvalue weighted by Gasteiger charge is -2.29. The minimum Gasteiger partial charge on any atom is -0.318 e. The summed E-state index contributed by atoms with van der Waals surface area (Å²) in [4.78, 5) is 32.0. The Morgan fingerprint density at radius 3 is 2.46 bits per heavy atom. The number of benzene rings is 2. The van der Waals surface area contributed by atoms with Crippen LogP contribution >= 0.6 is 12.2 Å². The number of hydrogen-bond donors (Lipinski definition) is 1. The number of nitrogens with zero attached hydrogens (tertiary/aromatic N) is 3. The van der Waals surface area contributed by atoms with Crippen LogP contribution in [0, 0.1) is 27.7 Å². The van der Waals surface area contributed by atoms with Crippen LogP contribution in [0.25, 0.3) is 22.7 Å². The van der Waals surface area contributed by atoms with Gasteiger partial charge in [-0.2, -0.15) is 0 Å². The minimum absolute atomic E-state index is 0.0415. The Morgan fingerprint density at radius 2 is 1.69 bits per heavy atom. The average molecular weight is 481 g/mol. The van der Waals surface area contributed by atoms with Gasteiger partial charge in [-0.05, 0) is 105 Å². The van der Waals surface area contributed by atoms with Crippen LogP contribution in [0.2, 0.25) is 0 Å². The number of thiocarbonyl (C=S) groups is 1. The highest BCUT2D eigenvalue weighted by atomic mass is 32.1. The van der Waals surface area contributed by atoms with Gasteiger partial charge in [0, 0.05) is 28.7 Å². The fraction of sp³-hybridized carbons (Fsp3) is 0.143. The third-order valence-electron chi connectivity index (χ3n) is 6.47. The van der Waals surface area contributed by atoms with Gasteiger partial charge in [-0.15, -0.1) is 0 Å².